The zero-order valence-electron chi connectivity index (χ0n) is 13.1. The van der Waals surface area contributed by atoms with E-state index in [1.165, 1.54) is 12.0 Å². The number of hydrogen-bond donors (Lipinski definition) is 2. The van der Waals surface area contributed by atoms with Crippen molar-refractivity contribution in [3.05, 3.63) is 29.3 Å². The predicted octanol–water partition coefficient (Wildman–Crippen LogP) is 2.35. The molecule has 1 unspecified atom stereocenters. The Hall–Kier alpha value is -1.10. The van der Waals surface area contributed by atoms with Crippen molar-refractivity contribution in [1.29, 1.82) is 0 Å². The van der Waals surface area contributed by atoms with E-state index in [9.17, 15) is 4.79 Å². The van der Waals surface area contributed by atoms with E-state index in [1.807, 2.05) is 26.1 Å². The Labute approximate surface area is 133 Å². The number of benzene rings is 1. The predicted molar refractivity (Wildman–Crippen MR) is 90.3 cm³/mol. The van der Waals surface area contributed by atoms with Crippen LogP contribution in [0.2, 0.25) is 0 Å². The maximum absolute atomic E-state index is 12.2. The van der Waals surface area contributed by atoms with Gasteiger partial charge in [0.25, 0.3) is 0 Å². The lowest BCUT2D eigenvalue weighted by molar-refractivity contribution is -0.117. The Morgan fingerprint density at radius 2 is 2.14 bits per heavy atom. The van der Waals surface area contributed by atoms with E-state index in [2.05, 4.69) is 28.5 Å². The van der Waals surface area contributed by atoms with Gasteiger partial charge in [-0.1, -0.05) is 12.1 Å². The van der Waals surface area contributed by atoms with Crippen LogP contribution >= 0.6 is 12.4 Å². The van der Waals surface area contributed by atoms with Crippen molar-refractivity contribution in [2.24, 2.45) is 0 Å². The van der Waals surface area contributed by atoms with Crippen LogP contribution in [0.15, 0.2) is 18.2 Å². The molecule has 1 atom stereocenters. The Kier molecular flexibility index (Phi) is 7.15. The second-order valence-corrected chi connectivity index (χ2v) is 5.66. The molecular weight excluding hydrogens is 286 g/mol. The summed E-state index contributed by atoms with van der Waals surface area (Å²) < 4.78 is 0. The number of halogens is 1. The van der Waals surface area contributed by atoms with Crippen LogP contribution < -0.4 is 10.6 Å². The summed E-state index contributed by atoms with van der Waals surface area (Å²) in [6.45, 7) is 6.55. The molecule has 1 aliphatic heterocycles. The van der Waals surface area contributed by atoms with Crippen molar-refractivity contribution in [3.63, 3.8) is 0 Å². The number of carbonyl (C=O) groups excluding carboxylic acids is 1. The quantitative estimate of drug-likeness (QED) is 0.897. The lowest BCUT2D eigenvalue weighted by Crippen LogP contribution is -2.46. The minimum atomic E-state index is 0. The van der Waals surface area contributed by atoms with Crippen LogP contribution in [0, 0.1) is 13.8 Å². The van der Waals surface area contributed by atoms with Gasteiger partial charge in [-0.05, 0) is 57.5 Å². The van der Waals surface area contributed by atoms with Gasteiger partial charge in [0, 0.05) is 18.3 Å². The van der Waals surface area contributed by atoms with E-state index in [0.29, 0.717) is 12.6 Å². The normalized spacial score (nSPS) is 18.9. The van der Waals surface area contributed by atoms with Crippen molar-refractivity contribution in [3.8, 4) is 0 Å². The minimum absolute atomic E-state index is 0. The maximum atomic E-state index is 12.2. The fraction of sp³-hybridized carbons (Fsp3) is 0.562. The second kappa shape index (κ2) is 8.37. The summed E-state index contributed by atoms with van der Waals surface area (Å²) in [6, 6.07) is 6.52. The summed E-state index contributed by atoms with van der Waals surface area (Å²) in [7, 11) is 1.99. The number of likely N-dealkylation sites (N-methyl/N-ethyl adjacent to an activating group) is 1. The molecule has 0 aliphatic carbocycles. The molecule has 1 amide bonds. The number of nitrogens with one attached hydrogen (secondary N) is 2. The Morgan fingerprint density at radius 3 is 2.86 bits per heavy atom. The lowest BCUT2D eigenvalue weighted by Gasteiger charge is -2.31. The molecule has 0 aromatic heterocycles. The van der Waals surface area contributed by atoms with Gasteiger partial charge in [-0.25, -0.2) is 0 Å². The number of anilines is 1. The molecule has 2 N–H and O–H groups in total. The van der Waals surface area contributed by atoms with Crippen LogP contribution in [0.25, 0.3) is 0 Å². The number of amides is 1. The third kappa shape index (κ3) is 4.99. The largest absolute Gasteiger partial charge is 0.325 e. The number of rotatable bonds is 4. The molecule has 1 heterocycles. The van der Waals surface area contributed by atoms with Crippen molar-refractivity contribution in [1.82, 2.24) is 10.2 Å². The van der Waals surface area contributed by atoms with Crippen LogP contribution in [0.1, 0.15) is 24.0 Å². The third-order valence-electron chi connectivity index (χ3n) is 4.16. The van der Waals surface area contributed by atoms with Crippen LogP contribution in [0.3, 0.4) is 0 Å². The fourth-order valence-electron chi connectivity index (χ4n) is 2.71. The number of aryl methyl sites for hydroxylation is 1. The first-order chi connectivity index (χ1) is 9.60. The second-order valence-electron chi connectivity index (χ2n) is 5.66. The number of likely N-dealkylation sites (tertiary alicyclic amines) is 1. The number of hydrogen-bond acceptors (Lipinski definition) is 3. The summed E-state index contributed by atoms with van der Waals surface area (Å²) in [6.07, 6.45) is 2.36. The van der Waals surface area contributed by atoms with Crippen LogP contribution in [0.5, 0.6) is 0 Å². The summed E-state index contributed by atoms with van der Waals surface area (Å²) >= 11 is 0. The molecule has 0 bridgehead atoms. The van der Waals surface area contributed by atoms with Crippen molar-refractivity contribution >= 4 is 24.0 Å². The molecule has 1 aromatic carbocycles. The van der Waals surface area contributed by atoms with E-state index >= 15 is 0 Å². The van der Waals surface area contributed by atoms with Gasteiger partial charge in [-0.2, -0.15) is 0 Å². The molecule has 118 valence electrons. The first kappa shape index (κ1) is 18.0. The molecule has 1 aromatic rings. The monoisotopic (exact) mass is 311 g/mol. The van der Waals surface area contributed by atoms with Crippen LogP contribution in [-0.4, -0.2) is 43.5 Å². The van der Waals surface area contributed by atoms with Crippen LogP contribution in [-0.2, 0) is 4.79 Å². The van der Waals surface area contributed by atoms with Gasteiger partial charge in [-0.3, -0.25) is 9.69 Å². The highest BCUT2D eigenvalue weighted by atomic mass is 35.5. The molecule has 0 radical (unpaired) electrons. The SMILES string of the molecule is CNC1CCCN(CC(=O)Nc2cccc(C)c2C)C1.Cl. The zero-order chi connectivity index (χ0) is 14.5. The standard InChI is InChI=1S/C16H25N3O.ClH/c1-12-6-4-8-15(13(12)2)18-16(20)11-19-9-5-7-14(10-19)17-3;/h4,6,8,14,17H,5,7,9-11H2,1-3H3,(H,18,20);1H. The van der Waals surface area contributed by atoms with E-state index in [-0.39, 0.29) is 18.3 Å². The van der Waals surface area contributed by atoms with Gasteiger partial charge in [0.05, 0.1) is 6.54 Å². The van der Waals surface area contributed by atoms with Gasteiger partial charge >= 0.3 is 0 Å². The van der Waals surface area contributed by atoms with E-state index in [1.54, 1.807) is 0 Å². The molecule has 5 heteroatoms. The topological polar surface area (TPSA) is 44.4 Å². The van der Waals surface area contributed by atoms with Gasteiger partial charge in [-0.15, -0.1) is 12.4 Å². The lowest BCUT2D eigenvalue weighted by atomic mass is 10.1. The van der Waals surface area contributed by atoms with E-state index in [0.717, 1.165) is 30.8 Å². The van der Waals surface area contributed by atoms with E-state index in [4.69, 9.17) is 0 Å². The summed E-state index contributed by atoms with van der Waals surface area (Å²) in [5.74, 6) is 0.0791. The molecule has 2 rings (SSSR count). The van der Waals surface area contributed by atoms with Crippen molar-refractivity contribution in [2.75, 3.05) is 32.0 Å². The molecule has 0 spiro atoms. The Balaban J connectivity index is 0.00000220. The highest BCUT2D eigenvalue weighted by Gasteiger charge is 2.20. The van der Waals surface area contributed by atoms with E-state index < -0.39 is 0 Å². The number of carbonyl (C=O) groups is 1. The van der Waals surface area contributed by atoms with Gasteiger partial charge in [0.1, 0.15) is 0 Å². The first-order valence-electron chi connectivity index (χ1n) is 7.36. The minimum Gasteiger partial charge on any atom is -0.325 e. The van der Waals surface area contributed by atoms with Crippen molar-refractivity contribution < 1.29 is 4.79 Å². The summed E-state index contributed by atoms with van der Waals surface area (Å²) in [4.78, 5) is 14.4. The highest BCUT2D eigenvalue weighted by molar-refractivity contribution is 5.93. The molecular formula is C16H26ClN3O. The average Bonchev–Trinajstić information content (AvgIpc) is 2.44. The zero-order valence-corrected chi connectivity index (χ0v) is 13.9. The summed E-state index contributed by atoms with van der Waals surface area (Å²) in [5.41, 5.74) is 3.28. The van der Waals surface area contributed by atoms with Gasteiger partial charge in [0.15, 0.2) is 0 Å². The third-order valence-corrected chi connectivity index (χ3v) is 4.16. The van der Waals surface area contributed by atoms with Crippen LogP contribution in [0.4, 0.5) is 5.69 Å². The fourth-order valence-corrected chi connectivity index (χ4v) is 2.71. The van der Waals surface area contributed by atoms with Gasteiger partial charge < -0.3 is 10.6 Å². The molecule has 21 heavy (non-hydrogen) atoms. The number of nitrogens with zero attached hydrogens (tertiary/aromatic N) is 1. The Bertz CT molecular complexity index is 479. The van der Waals surface area contributed by atoms with Gasteiger partial charge in [0.2, 0.25) is 5.91 Å². The first-order valence-corrected chi connectivity index (χ1v) is 7.36. The molecule has 1 fully saturated rings. The molecule has 4 nitrogen and oxygen atoms in total. The van der Waals surface area contributed by atoms with Crippen molar-refractivity contribution in [2.45, 2.75) is 32.7 Å². The smallest absolute Gasteiger partial charge is 0.238 e. The Morgan fingerprint density at radius 1 is 1.38 bits per heavy atom. The average molecular weight is 312 g/mol. The summed E-state index contributed by atoms with van der Waals surface area (Å²) in [5, 5.41) is 6.33. The molecule has 1 saturated heterocycles. The molecule has 0 saturated carbocycles. The highest BCUT2D eigenvalue weighted by Crippen LogP contribution is 2.18. The maximum Gasteiger partial charge on any atom is 0.238 e. The number of piperidine rings is 1. The molecule has 1 aliphatic rings.